The molecule has 1 fully saturated rings. The SMILES string of the molecule is O=C1CCCN1C(=O)NCCNc1ccc(Cl)cc1. The topological polar surface area (TPSA) is 61.4 Å². The van der Waals surface area contributed by atoms with Crippen LogP contribution in [0.25, 0.3) is 0 Å². The van der Waals surface area contributed by atoms with Crippen LogP contribution in [0.1, 0.15) is 12.8 Å². The van der Waals surface area contributed by atoms with Crippen LogP contribution in [0.2, 0.25) is 5.02 Å². The Balaban J connectivity index is 1.68. The molecular weight excluding hydrogens is 266 g/mol. The highest BCUT2D eigenvalue weighted by atomic mass is 35.5. The zero-order chi connectivity index (χ0) is 13.7. The molecule has 1 saturated heterocycles. The number of anilines is 1. The van der Waals surface area contributed by atoms with Crippen molar-refractivity contribution in [2.24, 2.45) is 0 Å². The van der Waals surface area contributed by atoms with Gasteiger partial charge in [-0.15, -0.1) is 0 Å². The molecule has 0 aliphatic carbocycles. The molecule has 1 aromatic rings. The molecule has 6 heteroatoms. The van der Waals surface area contributed by atoms with E-state index in [1.54, 1.807) is 12.1 Å². The number of amides is 3. The Morgan fingerprint density at radius 2 is 2.00 bits per heavy atom. The molecule has 1 aromatic carbocycles. The number of carbonyl (C=O) groups is 2. The number of carbonyl (C=O) groups excluding carboxylic acids is 2. The van der Waals surface area contributed by atoms with Crippen molar-refractivity contribution < 1.29 is 9.59 Å². The maximum absolute atomic E-state index is 11.7. The van der Waals surface area contributed by atoms with E-state index < -0.39 is 0 Å². The van der Waals surface area contributed by atoms with Crippen LogP contribution in [0.4, 0.5) is 10.5 Å². The third-order valence-electron chi connectivity index (χ3n) is 2.89. The summed E-state index contributed by atoms with van der Waals surface area (Å²) < 4.78 is 0. The standard InChI is InChI=1S/C13H16ClN3O2/c14-10-3-5-11(6-4-10)15-7-8-16-13(19)17-9-1-2-12(17)18/h3-6,15H,1-2,7-9H2,(H,16,19). The Kier molecular flexibility index (Phi) is 4.63. The van der Waals surface area contributed by atoms with Crippen LogP contribution in [0.15, 0.2) is 24.3 Å². The lowest BCUT2D eigenvalue weighted by Gasteiger charge is -2.15. The highest BCUT2D eigenvalue weighted by Gasteiger charge is 2.25. The molecule has 0 atom stereocenters. The summed E-state index contributed by atoms with van der Waals surface area (Å²) in [5, 5.41) is 6.55. The van der Waals surface area contributed by atoms with E-state index in [9.17, 15) is 9.59 Å². The number of likely N-dealkylation sites (tertiary alicyclic amines) is 1. The summed E-state index contributed by atoms with van der Waals surface area (Å²) in [7, 11) is 0. The average Bonchev–Trinajstić information content (AvgIpc) is 2.83. The van der Waals surface area contributed by atoms with Crippen LogP contribution in [0, 0.1) is 0 Å². The number of benzene rings is 1. The number of urea groups is 1. The number of hydrogen-bond acceptors (Lipinski definition) is 3. The first-order chi connectivity index (χ1) is 9.16. The van der Waals surface area contributed by atoms with Gasteiger partial charge in [-0.1, -0.05) is 11.6 Å². The summed E-state index contributed by atoms with van der Waals surface area (Å²) in [6.45, 7) is 1.58. The smallest absolute Gasteiger partial charge is 0.324 e. The van der Waals surface area contributed by atoms with Gasteiger partial charge < -0.3 is 10.6 Å². The molecule has 2 rings (SSSR count). The van der Waals surface area contributed by atoms with E-state index in [-0.39, 0.29) is 11.9 Å². The minimum absolute atomic E-state index is 0.0943. The summed E-state index contributed by atoms with van der Waals surface area (Å²) in [6.07, 6.45) is 1.23. The molecule has 0 spiro atoms. The quantitative estimate of drug-likeness (QED) is 0.831. The second kappa shape index (κ2) is 6.43. The van der Waals surface area contributed by atoms with Crippen molar-refractivity contribution in [3.05, 3.63) is 29.3 Å². The van der Waals surface area contributed by atoms with E-state index >= 15 is 0 Å². The van der Waals surface area contributed by atoms with Crippen molar-refractivity contribution in [3.8, 4) is 0 Å². The van der Waals surface area contributed by atoms with Crippen molar-refractivity contribution in [3.63, 3.8) is 0 Å². The maximum atomic E-state index is 11.7. The molecule has 0 radical (unpaired) electrons. The third kappa shape index (κ3) is 3.86. The van der Waals surface area contributed by atoms with E-state index in [0.29, 0.717) is 31.1 Å². The fourth-order valence-corrected chi connectivity index (χ4v) is 2.03. The first-order valence-corrected chi connectivity index (χ1v) is 6.62. The summed E-state index contributed by atoms with van der Waals surface area (Å²) >= 11 is 5.78. The molecule has 102 valence electrons. The van der Waals surface area contributed by atoms with E-state index in [4.69, 9.17) is 11.6 Å². The molecule has 0 aromatic heterocycles. The van der Waals surface area contributed by atoms with Gasteiger partial charge in [-0.25, -0.2) is 4.79 Å². The molecule has 5 nitrogen and oxygen atoms in total. The van der Waals surface area contributed by atoms with Gasteiger partial charge >= 0.3 is 6.03 Å². The molecule has 1 aliphatic rings. The van der Waals surface area contributed by atoms with Gasteiger partial charge in [0, 0.05) is 36.8 Å². The van der Waals surface area contributed by atoms with Gasteiger partial charge in [-0.3, -0.25) is 9.69 Å². The Morgan fingerprint density at radius 3 is 2.63 bits per heavy atom. The van der Waals surface area contributed by atoms with Gasteiger partial charge in [-0.05, 0) is 30.7 Å². The summed E-state index contributed by atoms with van der Waals surface area (Å²) in [5.41, 5.74) is 0.941. The van der Waals surface area contributed by atoms with E-state index in [1.807, 2.05) is 12.1 Å². The Labute approximate surface area is 116 Å². The molecule has 2 N–H and O–H groups in total. The first-order valence-electron chi connectivity index (χ1n) is 6.24. The zero-order valence-electron chi connectivity index (χ0n) is 10.5. The van der Waals surface area contributed by atoms with Gasteiger partial charge in [0.25, 0.3) is 0 Å². The largest absolute Gasteiger partial charge is 0.383 e. The van der Waals surface area contributed by atoms with Crippen molar-refractivity contribution in [2.45, 2.75) is 12.8 Å². The molecule has 1 aliphatic heterocycles. The van der Waals surface area contributed by atoms with E-state index in [0.717, 1.165) is 12.1 Å². The second-order valence-corrected chi connectivity index (χ2v) is 4.75. The van der Waals surface area contributed by atoms with Gasteiger partial charge in [0.15, 0.2) is 0 Å². The zero-order valence-corrected chi connectivity index (χ0v) is 11.2. The highest BCUT2D eigenvalue weighted by molar-refractivity contribution is 6.30. The second-order valence-electron chi connectivity index (χ2n) is 4.31. The molecule has 19 heavy (non-hydrogen) atoms. The van der Waals surface area contributed by atoms with Crippen LogP contribution < -0.4 is 10.6 Å². The number of rotatable bonds is 4. The summed E-state index contributed by atoms with van der Waals surface area (Å²) in [6, 6.07) is 7.03. The fourth-order valence-electron chi connectivity index (χ4n) is 1.90. The predicted octanol–water partition coefficient (Wildman–Crippen LogP) is 2.08. The van der Waals surface area contributed by atoms with Gasteiger partial charge in [0.05, 0.1) is 0 Å². The molecule has 1 heterocycles. The molecule has 0 bridgehead atoms. The van der Waals surface area contributed by atoms with Crippen molar-refractivity contribution in [1.82, 2.24) is 10.2 Å². The van der Waals surface area contributed by atoms with Crippen LogP contribution in [0.5, 0.6) is 0 Å². The monoisotopic (exact) mass is 281 g/mol. The lowest BCUT2D eigenvalue weighted by atomic mass is 10.3. The predicted molar refractivity (Wildman–Crippen MR) is 74.3 cm³/mol. The highest BCUT2D eigenvalue weighted by Crippen LogP contribution is 2.13. The van der Waals surface area contributed by atoms with Gasteiger partial charge in [0.1, 0.15) is 0 Å². The normalized spacial score (nSPS) is 14.6. The number of hydrogen-bond donors (Lipinski definition) is 2. The average molecular weight is 282 g/mol. The molecule has 0 saturated carbocycles. The maximum Gasteiger partial charge on any atom is 0.324 e. The number of nitrogens with zero attached hydrogens (tertiary/aromatic N) is 1. The minimum Gasteiger partial charge on any atom is -0.383 e. The fraction of sp³-hybridized carbons (Fsp3) is 0.385. The lowest BCUT2D eigenvalue weighted by Crippen LogP contribution is -2.42. The molecular formula is C13H16ClN3O2. The summed E-state index contributed by atoms with van der Waals surface area (Å²) in [5.74, 6) is -0.0943. The first kappa shape index (κ1) is 13.7. The van der Waals surface area contributed by atoms with Gasteiger partial charge in [0.2, 0.25) is 5.91 Å². The van der Waals surface area contributed by atoms with E-state index in [1.165, 1.54) is 4.90 Å². The van der Waals surface area contributed by atoms with Crippen molar-refractivity contribution in [2.75, 3.05) is 25.0 Å². The van der Waals surface area contributed by atoms with Crippen LogP contribution in [-0.2, 0) is 4.79 Å². The summed E-state index contributed by atoms with van der Waals surface area (Å²) in [4.78, 5) is 24.3. The Morgan fingerprint density at radius 1 is 1.26 bits per heavy atom. The van der Waals surface area contributed by atoms with Crippen molar-refractivity contribution in [1.29, 1.82) is 0 Å². The Hall–Kier alpha value is -1.75. The van der Waals surface area contributed by atoms with Crippen molar-refractivity contribution >= 4 is 29.2 Å². The number of halogens is 1. The lowest BCUT2D eigenvalue weighted by molar-refractivity contribution is -0.125. The van der Waals surface area contributed by atoms with E-state index in [2.05, 4.69) is 10.6 Å². The molecule has 3 amide bonds. The Bertz CT molecular complexity index is 461. The van der Waals surface area contributed by atoms with Gasteiger partial charge in [-0.2, -0.15) is 0 Å². The number of imide groups is 1. The number of nitrogens with one attached hydrogen (secondary N) is 2. The molecule has 0 unspecified atom stereocenters. The third-order valence-corrected chi connectivity index (χ3v) is 3.15. The van der Waals surface area contributed by atoms with Crippen LogP contribution in [0.3, 0.4) is 0 Å². The van der Waals surface area contributed by atoms with Crippen LogP contribution >= 0.6 is 11.6 Å². The van der Waals surface area contributed by atoms with Crippen LogP contribution in [-0.4, -0.2) is 36.5 Å². The minimum atomic E-state index is -0.305.